The van der Waals surface area contributed by atoms with Crippen LogP contribution in [0, 0.1) is 6.92 Å². The van der Waals surface area contributed by atoms with Gasteiger partial charge in [-0.2, -0.15) is 0 Å². The Morgan fingerprint density at radius 2 is 2.06 bits per heavy atom. The Labute approximate surface area is 111 Å². The second-order valence-corrected chi connectivity index (χ2v) is 4.42. The molecular formula is C13H16ClNO3. The summed E-state index contributed by atoms with van der Waals surface area (Å²) in [5.74, 6) is -0.716. The van der Waals surface area contributed by atoms with Crippen LogP contribution in [0.15, 0.2) is 24.3 Å². The summed E-state index contributed by atoms with van der Waals surface area (Å²) in [6.07, 6.45) is 0.275. The number of ether oxygens (including phenoxy) is 1. The third kappa shape index (κ3) is 4.37. The lowest BCUT2D eigenvalue weighted by Gasteiger charge is -2.10. The number of hydrogen-bond donors (Lipinski definition) is 1. The van der Waals surface area contributed by atoms with E-state index in [0.717, 1.165) is 11.1 Å². The molecule has 0 saturated heterocycles. The van der Waals surface area contributed by atoms with E-state index in [0.29, 0.717) is 0 Å². The van der Waals surface area contributed by atoms with Gasteiger partial charge in [-0.25, -0.2) is 0 Å². The molecule has 0 spiro atoms. The van der Waals surface area contributed by atoms with Gasteiger partial charge in [-0.1, -0.05) is 24.3 Å². The summed E-state index contributed by atoms with van der Waals surface area (Å²) in [5, 5.41) is 1.75. The Bertz CT molecular complexity index is 434. The van der Waals surface area contributed by atoms with Crippen molar-refractivity contribution in [2.45, 2.75) is 18.7 Å². The molecule has 1 N–H and O–H groups in total. The van der Waals surface area contributed by atoms with Crippen LogP contribution >= 0.6 is 11.6 Å². The zero-order chi connectivity index (χ0) is 13.5. The first kappa shape index (κ1) is 14.5. The zero-order valence-corrected chi connectivity index (χ0v) is 11.2. The molecule has 98 valence electrons. The van der Waals surface area contributed by atoms with Gasteiger partial charge in [0.2, 0.25) is 5.91 Å². The van der Waals surface area contributed by atoms with Gasteiger partial charge in [0.1, 0.15) is 5.38 Å². The summed E-state index contributed by atoms with van der Waals surface area (Å²) < 4.78 is 4.46. The third-order valence-corrected chi connectivity index (χ3v) is 2.88. The van der Waals surface area contributed by atoms with Gasteiger partial charge >= 0.3 is 5.97 Å². The van der Waals surface area contributed by atoms with E-state index < -0.39 is 11.3 Å². The predicted octanol–water partition coefficient (Wildman–Crippen LogP) is 1.43. The van der Waals surface area contributed by atoms with Crippen LogP contribution in [-0.4, -0.2) is 30.9 Å². The van der Waals surface area contributed by atoms with Crippen molar-refractivity contribution in [3.63, 3.8) is 0 Å². The Morgan fingerprint density at radius 1 is 1.39 bits per heavy atom. The van der Waals surface area contributed by atoms with Gasteiger partial charge in [0.25, 0.3) is 0 Å². The number of rotatable bonds is 5. The zero-order valence-electron chi connectivity index (χ0n) is 10.4. The van der Waals surface area contributed by atoms with Crippen molar-refractivity contribution < 1.29 is 14.3 Å². The number of carbonyl (C=O) groups excluding carboxylic acids is 2. The van der Waals surface area contributed by atoms with Crippen LogP contribution in [0.3, 0.4) is 0 Å². The average molecular weight is 270 g/mol. The maximum Gasteiger partial charge on any atom is 0.325 e. The summed E-state index contributed by atoms with van der Waals surface area (Å²) in [6.45, 7) is 2.01. The molecule has 0 aliphatic heterocycles. The maximum absolute atomic E-state index is 11.7. The van der Waals surface area contributed by atoms with Crippen molar-refractivity contribution in [3.8, 4) is 0 Å². The molecule has 1 rings (SSSR count). The largest absolute Gasteiger partial charge is 0.468 e. The van der Waals surface area contributed by atoms with Crippen molar-refractivity contribution in [3.05, 3.63) is 35.4 Å². The summed E-state index contributed by atoms with van der Waals surface area (Å²) in [7, 11) is 1.26. The van der Waals surface area contributed by atoms with Gasteiger partial charge in [-0.15, -0.1) is 11.6 Å². The van der Waals surface area contributed by atoms with Crippen LogP contribution in [0.4, 0.5) is 0 Å². The Morgan fingerprint density at radius 3 is 2.67 bits per heavy atom. The number of aryl methyl sites for hydroxylation is 1. The molecule has 0 heterocycles. The highest BCUT2D eigenvalue weighted by molar-refractivity contribution is 6.30. The molecule has 0 saturated carbocycles. The number of alkyl halides is 1. The molecule has 1 amide bonds. The van der Waals surface area contributed by atoms with Crippen LogP contribution in [-0.2, 0) is 20.7 Å². The van der Waals surface area contributed by atoms with Gasteiger partial charge in [-0.3, -0.25) is 9.59 Å². The van der Waals surface area contributed by atoms with Gasteiger partial charge in [0.15, 0.2) is 0 Å². The molecule has 0 aromatic heterocycles. The third-order valence-electron chi connectivity index (χ3n) is 2.55. The number of halogens is 1. The highest BCUT2D eigenvalue weighted by Crippen LogP contribution is 2.07. The lowest BCUT2D eigenvalue weighted by Crippen LogP contribution is -2.35. The molecular weight excluding hydrogens is 254 g/mol. The minimum atomic E-state index is -0.851. The number of hydrogen-bond acceptors (Lipinski definition) is 3. The van der Waals surface area contributed by atoms with Crippen LogP contribution in [0.5, 0.6) is 0 Å². The molecule has 0 aliphatic carbocycles. The number of esters is 1. The van der Waals surface area contributed by atoms with Gasteiger partial charge in [0, 0.05) is 6.54 Å². The van der Waals surface area contributed by atoms with Gasteiger partial charge in [0.05, 0.1) is 13.5 Å². The van der Waals surface area contributed by atoms with E-state index in [1.165, 1.54) is 7.11 Å². The smallest absolute Gasteiger partial charge is 0.325 e. The molecule has 5 heteroatoms. The normalized spacial score (nSPS) is 11.7. The lowest BCUT2D eigenvalue weighted by atomic mass is 10.1. The summed E-state index contributed by atoms with van der Waals surface area (Å²) in [6, 6.07) is 7.64. The highest BCUT2D eigenvalue weighted by Gasteiger charge is 2.16. The van der Waals surface area contributed by atoms with Crippen molar-refractivity contribution in [1.29, 1.82) is 0 Å². The van der Waals surface area contributed by atoms with Crippen LogP contribution in [0.2, 0.25) is 0 Å². The van der Waals surface area contributed by atoms with E-state index >= 15 is 0 Å². The van der Waals surface area contributed by atoms with E-state index in [1.54, 1.807) is 0 Å². The van der Waals surface area contributed by atoms with E-state index in [-0.39, 0.29) is 18.9 Å². The summed E-state index contributed by atoms with van der Waals surface area (Å²) in [5.41, 5.74) is 2.02. The van der Waals surface area contributed by atoms with Crippen LogP contribution in [0.1, 0.15) is 11.1 Å². The van der Waals surface area contributed by atoms with Crippen molar-refractivity contribution in [2.24, 2.45) is 0 Å². The average Bonchev–Trinajstić information content (AvgIpc) is 2.37. The molecule has 1 aromatic carbocycles. The van der Waals surface area contributed by atoms with Crippen molar-refractivity contribution >= 4 is 23.5 Å². The van der Waals surface area contributed by atoms with E-state index in [4.69, 9.17) is 11.6 Å². The standard InChI is InChI=1S/C13H16ClNO3/c1-9-5-3-4-6-10(9)7-12(16)15-8-11(14)13(17)18-2/h3-6,11H,7-8H2,1-2H3,(H,15,16). The van der Waals surface area contributed by atoms with E-state index in [2.05, 4.69) is 10.1 Å². The van der Waals surface area contributed by atoms with Gasteiger partial charge in [-0.05, 0) is 18.1 Å². The summed E-state index contributed by atoms with van der Waals surface area (Å²) >= 11 is 5.72. The quantitative estimate of drug-likeness (QED) is 0.650. The molecule has 0 fully saturated rings. The monoisotopic (exact) mass is 269 g/mol. The first-order valence-electron chi connectivity index (χ1n) is 5.57. The first-order chi connectivity index (χ1) is 8.54. The van der Waals surface area contributed by atoms with Crippen molar-refractivity contribution in [1.82, 2.24) is 5.32 Å². The van der Waals surface area contributed by atoms with E-state index in [9.17, 15) is 9.59 Å². The maximum atomic E-state index is 11.7. The highest BCUT2D eigenvalue weighted by atomic mass is 35.5. The van der Waals surface area contributed by atoms with Crippen molar-refractivity contribution in [2.75, 3.05) is 13.7 Å². The number of amides is 1. The molecule has 1 unspecified atom stereocenters. The number of carbonyl (C=O) groups is 2. The number of nitrogens with one attached hydrogen (secondary N) is 1. The molecule has 1 atom stereocenters. The molecule has 0 radical (unpaired) electrons. The second kappa shape index (κ2) is 7.01. The Hall–Kier alpha value is -1.55. The minimum Gasteiger partial charge on any atom is -0.468 e. The molecule has 1 aromatic rings. The fourth-order valence-corrected chi connectivity index (χ4v) is 1.62. The Balaban J connectivity index is 2.43. The predicted molar refractivity (Wildman–Crippen MR) is 69.5 cm³/mol. The second-order valence-electron chi connectivity index (χ2n) is 3.90. The van der Waals surface area contributed by atoms with Crippen LogP contribution < -0.4 is 5.32 Å². The molecule has 4 nitrogen and oxygen atoms in total. The fraction of sp³-hybridized carbons (Fsp3) is 0.385. The minimum absolute atomic E-state index is 0.0684. The SMILES string of the molecule is COC(=O)C(Cl)CNC(=O)Cc1ccccc1C. The van der Waals surface area contributed by atoms with Gasteiger partial charge < -0.3 is 10.1 Å². The number of benzene rings is 1. The topological polar surface area (TPSA) is 55.4 Å². The van der Waals surface area contributed by atoms with Crippen LogP contribution in [0.25, 0.3) is 0 Å². The number of methoxy groups -OCH3 is 1. The summed E-state index contributed by atoms with van der Waals surface area (Å²) in [4.78, 5) is 22.7. The fourth-order valence-electron chi connectivity index (χ4n) is 1.46. The molecule has 0 aliphatic rings. The van der Waals surface area contributed by atoms with E-state index in [1.807, 2.05) is 31.2 Å². The first-order valence-corrected chi connectivity index (χ1v) is 6.01. The molecule has 18 heavy (non-hydrogen) atoms. The molecule has 0 bridgehead atoms. The Kier molecular flexibility index (Phi) is 5.65. The lowest BCUT2D eigenvalue weighted by molar-refractivity contribution is -0.140.